The van der Waals surface area contributed by atoms with Crippen LogP contribution in [0.4, 0.5) is 0 Å². The lowest BCUT2D eigenvalue weighted by Crippen LogP contribution is -2.51. The van der Waals surface area contributed by atoms with Crippen LogP contribution in [0.5, 0.6) is 0 Å². The van der Waals surface area contributed by atoms with E-state index in [1.165, 1.54) is 51.4 Å². The number of hydrogen-bond donors (Lipinski definition) is 0. The summed E-state index contributed by atoms with van der Waals surface area (Å²) >= 11 is 0. The fourth-order valence-electron chi connectivity index (χ4n) is 9.65. The van der Waals surface area contributed by atoms with Crippen LogP contribution >= 0.6 is 0 Å². The Bertz CT molecular complexity index is 808. The fraction of sp³-hybridized carbons (Fsp3) is 0.897. The van der Waals surface area contributed by atoms with Gasteiger partial charge in [-0.15, -0.1) is 0 Å². The zero-order valence-electron chi connectivity index (χ0n) is 21.3. The largest absolute Gasteiger partial charge is 0.372 e. The average molecular weight is 427 g/mol. The Labute approximate surface area is 191 Å². The molecule has 0 radical (unpaired) electrons. The molecule has 1 saturated heterocycles. The van der Waals surface area contributed by atoms with E-state index in [9.17, 15) is 4.79 Å². The van der Waals surface area contributed by atoms with Gasteiger partial charge in [0.2, 0.25) is 0 Å². The molecule has 1 aliphatic heterocycles. The van der Waals surface area contributed by atoms with Crippen molar-refractivity contribution in [3.8, 4) is 0 Å². The molecule has 2 nitrogen and oxygen atoms in total. The van der Waals surface area contributed by atoms with Crippen molar-refractivity contribution in [2.75, 3.05) is 0 Å². The van der Waals surface area contributed by atoms with E-state index < -0.39 is 0 Å². The summed E-state index contributed by atoms with van der Waals surface area (Å²) in [6, 6.07) is 0. The molecule has 0 amide bonds. The van der Waals surface area contributed by atoms with E-state index >= 15 is 0 Å². The van der Waals surface area contributed by atoms with E-state index in [1.807, 2.05) is 5.57 Å². The first-order chi connectivity index (χ1) is 14.4. The maximum atomic E-state index is 12.5. The first-order valence-electron chi connectivity index (χ1n) is 13.4. The standard InChI is InChI=1S/C29H46O2/c1-18-20-8-9-23-22(27(20,5)15-12-24(18)30)11-17-28(6)21(10-16-29(23,28)7)19(2)25-13-14-26(3,4)31-25/h18-21,25H,8-17H2,1-7H3/t18-,19-,20+,21+,25-,27-,28+,29-/m0/s1. The number of ketones is 1. The molecule has 0 spiro atoms. The Balaban J connectivity index is 1.47. The van der Waals surface area contributed by atoms with Crippen LogP contribution in [0.1, 0.15) is 113 Å². The molecule has 31 heavy (non-hydrogen) atoms. The van der Waals surface area contributed by atoms with Crippen molar-refractivity contribution in [2.24, 2.45) is 39.9 Å². The highest BCUT2D eigenvalue weighted by atomic mass is 16.5. The van der Waals surface area contributed by atoms with Gasteiger partial charge in [-0.1, -0.05) is 45.8 Å². The third kappa shape index (κ3) is 2.95. The predicted molar refractivity (Wildman–Crippen MR) is 127 cm³/mol. The molecular formula is C29H46O2. The van der Waals surface area contributed by atoms with Crippen molar-refractivity contribution in [3.05, 3.63) is 11.1 Å². The molecule has 0 bridgehead atoms. The zero-order chi connectivity index (χ0) is 22.4. The number of fused-ring (bicyclic) bond motifs is 4. The molecule has 2 saturated carbocycles. The Morgan fingerprint density at radius 3 is 2.29 bits per heavy atom. The van der Waals surface area contributed by atoms with Gasteiger partial charge in [-0.25, -0.2) is 0 Å². The Hall–Kier alpha value is -0.630. The van der Waals surface area contributed by atoms with E-state index in [4.69, 9.17) is 4.74 Å². The molecule has 1 heterocycles. The van der Waals surface area contributed by atoms with E-state index in [1.54, 1.807) is 5.57 Å². The highest BCUT2D eigenvalue weighted by Gasteiger charge is 2.62. The monoisotopic (exact) mass is 426 g/mol. The molecule has 8 atom stereocenters. The fourth-order valence-corrected chi connectivity index (χ4v) is 9.65. The Morgan fingerprint density at radius 2 is 1.61 bits per heavy atom. The normalized spacial score (nSPS) is 50.1. The van der Waals surface area contributed by atoms with Gasteiger partial charge >= 0.3 is 0 Å². The summed E-state index contributed by atoms with van der Waals surface area (Å²) in [4.78, 5) is 12.5. The summed E-state index contributed by atoms with van der Waals surface area (Å²) in [5.74, 6) is 2.77. The smallest absolute Gasteiger partial charge is 0.136 e. The van der Waals surface area contributed by atoms with E-state index in [2.05, 4.69) is 48.5 Å². The van der Waals surface area contributed by atoms with Crippen molar-refractivity contribution in [1.29, 1.82) is 0 Å². The number of ether oxygens (including phenoxy) is 1. The van der Waals surface area contributed by atoms with Gasteiger partial charge in [-0.2, -0.15) is 0 Å². The second-order valence-electron chi connectivity index (χ2n) is 13.5. The number of rotatable bonds is 2. The summed E-state index contributed by atoms with van der Waals surface area (Å²) in [6.07, 6.45) is 12.6. The lowest BCUT2D eigenvalue weighted by Gasteiger charge is -2.59. The van der Waals surface area contributed by atoms with Gasteiger partial charge in [-0.05, 0) is 106 Å². The quantitative estimate of drug-likeness (QED) is 0.427. The van der Waals surface area contributed by atoms with Crippen LogP contribution < -0.4 is 0 Å². The van der Waals surface area contributed by atoms with Crippen LogP contribution in [-0.4, -0.2) is 17.5 Å². The number of carbonyl (C=O) groups excluding carboxylic acids is 1. The molecular weight excluding hydrogens is 380 g/mol. The van der Waals surface area contributed by atoms with Crippen LogP contribution in [0, 0.1) is 39.9 Å². The molecule has 3 fully saturated rings. The van der Waals surface area contributed by atoms with E-state index in [-0.39, 0.29) is 16.9 Å². The number of allylic oxidation sites excluding steroid dienone is 2. The second-order valence-corrected chi connectivity index (χ2v) is 13.5. The number of hydrogen-bond acceptors (Lipinski definition) is 2. The average Bonchev–Trinajstić information content (AvgIpc) is 3.21. The number of Topliss-reactive ketones (excluding diaryl/α,β-unsaturated/α-hetero) is 1. The van der Waals surface area contributed by atoms with Gasteiger partial charge < -0.3 is 4.74 Å². The lowest BCUT2D eigenvalue weighted by molar-refractivity contribution is -0.130. The van der Waals surface area contributed by atoms with Gasteiger partial charge in [0.25, 0.3) is 0 Å². The molecule has 4 aliphatic carbocycles. The molecule has 0 aromatic heterocycles. The van der Waals surface area contributed by atoms with Crippen molar-refractivity contribution in [1.82, 2.24) is 0 Å². The zero-order valence-corrected chi connectivity index (χ0v) is 21.3. The van der Waals surface area contributed by atoms with E-state index in [0.29, 0.717) is 34.6 Å². The third-order valence-corrected chi connectivity index (χ3v) is 11.9. The Morgan fingerprint density at radius 1 is 0.871 bits per heavy atom. The Kier molecular flexibility index (Phi) is 4.96. The summed E-state index contributed by atoms with van der Waals surface area (Å²) in [5.41, 5.74) is 4.70. The molecule has 0 unspecified atom stereocenters. The summed E-state index contributed by atoms with van der Waals surface area (Å²) < 4.78 is 6.55. The molecule has 174 valence electrons. The van der Waals surface area contributed by atoms with Gasteiger partial charge in [0.05, 0.1) is 11.7 Å². The molecule has 5 aliphatic rings. The maximum absolute atomic E-state index is 12.5. The minimum atomic E-state index is 0.0616. The predicted octanol–water partition coefficient (Wildman–Crippen LogP) is 7.51. The third-order valence-electron chi connectivity index (χ3n) is 11.9. The van der Waals surface area contributed by atoms with Crippen LogP contribution in [-0.2, 0) is 9.53 Å². The minimum absolute atomic E-state index is 0.0616. The first kappa shape index (κ1) is 22.2. The topological polar surface area (TPSA) is 26.3 Å². The minimum Gasteiger partial charge on any atom is -0.372 e. The molecule has 0 aromatic rings. The van der Waals surface area contributed by atoms with Crippen molar-refractivity contribution < 1.29 is 9.53 Å². The van der Waals surface area contributed by atoms with Crippen molar-refractivity contribution in [3.63, 3.8) is 0 Å². The van der Waals surface area contributed by atoms with Gasteiger partial charge in [0.15, 0.2) is 0 Å². The van der Waals surface area contributed by atoms with Gasteiger partial charge in [-0.3, -0.25) is 4.79 Å². The van der Waals surface area contributed by atoms with Crippen LogP contribution in [0.15, 0.2) is 11.1 Å². The van der Waals surface area contributed by atoms with Gasteiger partial charge in [0.1, 0.15) is 5.78 Å². The van der Waals surface area contributed by atoms with Crippen molar-refractivity contribution in [2.45, 2.75) is 124 Å². The lowest BCUT2D eigenvalue weighted by atomic mass is 9.45. The molecule has 0 aromatic carbocycles. The van der Waals surface area contributed by atoms with E-state index in [0.717, 1.165) is 18.8 Å². The van der Waals surface area contributed by atoms with Crippen LogP contribution in [0.2, 0.25) is 0 Å². The number of carbonyl (C=O) groups is 1. The molecule has 2 heteroatoms. The SMILES string of the molecule is C[C@H]([C@@H]1CCC(C)(C)O1)[C@H]1CC[C@@]2(C)C3=C(CC[C@]12C)[C@@]1(C)CCC(=O)[C@@H](C)[C@H]1CC3. The summed E-state index contributed by atoms with van der Waals surface area (Å²) in [7, 11) is 0. The van der Waals surface area contributed by atoms with Crippen LogP contribution in [0.25, 0.3) is 0 Å². The molecule has 5 rings (SSSR count). The van der Waals surface area contributed by atoms with Crippen molar-refractivity contribution >= 4 is 5.78 Å². The molecule has 0 N–H and O–H groups in total. The first-order valence-corrected chi connectivity index (χ1v) is 13.4. The highest BCUT2D eigenvalue weighted by molar-refractivity contribution is 5.82. The highest BCUT2D eigenvalue weighted by Crippen LogP contribution is 2.71. The summed E-state index contributed by atoms with van der Waals surface area (Å²) in [5, 5.41) is 0. The summed E-state index contributed by atoms with van der Waals surface area (Å²) in [6.45, 7) is 17.1. The van der Waals surface area contributed by atoms with Crippen LogP contribution in [0.3, 0.4) is 0 Å². The van der Waals surface area contributed by atoms with Gasteiger partial charge in [0, 0.05) is 12.3 Å². The second kappa shape index (κ2) is 6.94. The maximum Gasteiger partial charge on any atom is 0.136 e.